The third-order valence-corrected chi connectivity index (χ3v) is 0.902. The predicted molar refractivity (Wildman–Crippen MR) is 32.4 cm³/mol. The van der Waals surface area contributed by atoms with Gasteiger partial charge in [-0.05, 0) is 18.7 Å². The van der Waals surface area contributed by atoms with Crippen molar-refractivity contribution in [1.29, 1.82) is 0 Å². The maximum atomic E-state index is 4.96. The first-order chi connectivity index (χ1) is 4.43. The Morgan fingerprint density at radius 2 is 2.67 bits per heavy atom. The number of hydrogen-bond donors (Lipinski definition) is 0. The zero-order valence-corrected chi connectivity index (χ0v) is 4.91. The normalized spacial score (nSPS) is 8.89. The Morgan fingerprint density at radius 3 is 3.22 bits per heavy atom. The molecule has 1 heterocycles. The molecule has 0 aliphatic rings. The highest BCUT2D eigenvalue weighted by Gasteiger charge is 1.90. The minimum atomic E-state index is 0.406. The van der Waals surface area contributed by atoms with E-state index in [9.17, 15) is 0 Å². The lowest BCUT2D eigenvalue weighted by Crippen LogP contribution is -1.80. The molecule has 0 saturated heterocycles. The Morgan fingerprint density at radius 1 is 1.78 bits per heavy atom. The molecular formula is C7H7O2. The van der Waals surface area contributed by atoms with Crippen molar-refractivity contribution in [3.05, 3.63) is 37.0 Å². The summed E-state index contributed by atoms with van der Waals surface area (Å²) < 4.78 is 9.67. The molecule has 0 fully saturated rings. The molecule has 0 aliphatic carbocycles. The lowest BCUT2D eigenvalue weighted by molar-refractivity contribution is 0.210. The lowest BCUT2D eigenvalue weighted by atomic mass is 10.5. The van der Waals surface area contributed by atoms with E-state index in [-0.39, 0.29) is 0 Å². The summed E-state index contributed by atoms with van der Waals surface area (Å²) in [7, 11) is 0. The van der Waals surface area contributed by atoms with E-state index in [4.69, 9.17) is 15.7 Å². The van der Waals surface area contributed by atoms with E-state index < -0.39 is 0 Å². The molecule has 9 heavy (non-hydrogen) atoms. The van der Waals surface area contributed by atoms with E-state index >= 15 is 0 Å². The topological polar surface area (TPSA) is 22.4 Å². The van der Waals surface area contributed by atoms with E-state index in [2.05, 4.69) is 0 Å². The number of rotatable bonds is 3. The second-order valence-corrected chi connectivity index (χ2v) is 1.53. The molecule has 0 saturated carbocycles. The molecule has 1 aromatic heterocycles. The van der Waals surface area contributed by atoms with E-state index in [1.54, 1.807) is 12.3 Å². The smallest absolute Gasteiger partial charge is 0.145 e. The highest BCUT2D eigenvalue weighted by Crippen LogP contribution is 2.00. The van der Waals surface area contributed by atoms with Crippen molar-refractivity contribution >= 4 is 0 Å². The zero-order chi connectivity index (χ0) is 6.53. The van der Waals surface area contributed by atoms with Gasteiger partial charge in [-0.15, -0.1) is 0 Å². The molecule has 1 aromatic rings. The van der Waals surface area contributed by atoms with Crippen molar-refractivity contribution in [3.63, 3.8) is 0 Å². The van der Waals surface area contributed by atoms with Gasteiger partial charge in [0.25, 0.3) is 0 Å². The van der Waals surface area contributed by atoms with Gasteiger partial charge in [0.15, 0.2) is 0 Å². The quantitative estimate of drug-likeness (QED) is 0.571. The fourth-order valence-corrected chi connectivity index (χ4v) is 0.525. The van der Waals surface area contributed by atoms with Crippen LogP contribution in [0.3, 0.4) is 0 Å². The molecule has 0 aliphatic heterocycles. The van der Waals surface area contributed by atoms with Gasteiger partial charge >= 0.3 is 0 Å². The third-order valence-electron chi connectivity index (χ3n) is 0.902. The fraction of sp³-hybridized carbons (Fsp3) is 0.143. The van der Waals surface area contributed by atoms with Gasteiger partial charge in [0.2, 0.25) is 0 Å². The Kier molecular flexibility index (Phi) is 1.96. The van der Waals surface area contributed by atoms with Crippen LogP contribution in [0.1, 0.15) is 5.76 Å². The summed E-state index contributed by atoms with van der Waals surface area (Å²) in [5, 5.41) is 0. The Labute approximate surface area is 53.7 Å². The number of ether oxygens (including phenoxy) is 1. The van der Waals surface area contributed by atoms with Crippen LogP contribution in [0, 0.1) is 6.58 Å². The summed E-state index contributed by atoms with van der Waals surface area (Å²) in [6.07, 6.45) is 2.73. The summed E-state index contributed by atoms with van der Waals surface area (Å²) in [5.41, 5.74) is 0. The van der Waals surface area contributed by atoms with Gasteiger partial charge < -0.3 is 9.15 Å². The Balaban J connectivity index is 2.38. The van der Waals surface area contributed by atoms with Crippen LogP contribution < -0.4 is 0 Å². The molecule has 1 rings (SSSR count). The summed E-state index contributed by atoms with van der Waals surface area (Å²) in [5.74, 6) is 0.775. The molecule has 47 valence electrons. The second kappa shape index (κ2) is 2.97. The molecule has 2 heteroatoms. The van der Waals surface area contributed by atoms with Gasteiger partial charge in [0.1, 0.15) is 12.4 Å². The monoisotopic (exact) mass is 123 g/mol. The lowest BCUT2D eigenvalue weighted by Gasteiger charge is -1.92. The molecular weight excluding hydrogens is 116 g/mol. The van der Waals surface area contributed by atoms with Crippen LogP contribution in [-0.4, -0.2) is 0 Å². The van der Waals surface area contributed by atoms with Crippen LogP contribution in [0.15, 0.2) is 29.1 Å². The standard InChI is InChI=1S/C7H7O2/c1-2-8-6-7-4-3-5-9-7/h1-5H,6H2. The maximum Gasteiger partial charge on any atom is 0.145 e. The first-order valence-corrected chi connectivity index (χ1v) is 2.61. The average Bonchev–Trinajstić information content (AvgIpc) is 2.34. The van der Waals surface area contributed by atoms with Gasteiger partial charge in [-0.3, -0.25) is 0 Å². The predicted octanol–water partition coefficient (Wildman–Crippen LogP) is 1.74. The van der Waals surface area contributed by atoms with E-state index in [1.165, 1.54) is 0 Å². The molecule has 1 radical (unpaired) electrons. The second-order valence-electron chi connectivity index (χ2n) is 1.53. The molecule has 0 spiro atoms. The molecule has 0 amide bonds. The summed E-state index contributed by atoms with van der Waals surface area (Å²) in [6.45, 7) is 5.36. The molecule has 0 atom stereocenters. The highest BCUT2D eigenvalue weighted by molar-refractivity contribution is 4.96. The minimum Gasteiger partial charge on any atom is -0.493 e. The third kappa shape index (κ3) is 1.64. The van der Waals surface area contributed by atoms with Crippen molar-refractivity contribution in [2.75, 3.05) is 0 Å². The summed E-state index contributed by atoms with van der Waals surface area (Å²) in [6, 6.07) is 3.62. The van der Waals surface area contributed by atoms with Crippen molar-refractivity contribution in [3.8, 4) is 0 Å². The first-order valence-electron chi connectivity index (χ1n) is 2.61. The fourth-order valence-electron chi connectivity index (χ4n) is 0.525. The molecule has 2 nitrogen and oxygen atoms in total. The molecule has 0 aromatic carbocycles. The zero-order valence-electron chi connectivity index (χ0n) is 4.91. The van der Waals surface area contributed by atoms with Crippen molar-refractivity contribution in [2.24, 2.45) is 0 Å². The summed E-state index contributed by atoms with van der Waals surface area (Å²) in [4.78, 5) is 0. The van der Waals surface area contributed by atoms with Crippen LogP contribution in [-0.2, 0) is 11.3 Å². The molecule has 0 unspecified atom stereocenters. The van der Waals surface area contributed by atoms with Crippen molar-refractivity contribution < 1.29 is 9.15 Å². The largest absolute Gasteiger partial charge is 0.493 e. The minimum absolute atomic E-state index is 0.406. The highest BCUT2D eigenvalue weighted by atomic mass is 16.5. The average molecular weight is 123 g/mol. The SMILES string of the molecule is [CH]=COCc1ccco1. The van der Waals surface area contributed by atoms with E-state index in [0.29, 0.717) is 6.61 Å². The van der Waals surface area contributed by atoms with E-state index in [0.717, 1.165) is 12.0 Å². The van der Waals surface area contributed by atoms with Crippen LogP contribution in [0.2, 0.25) is 0 Å². The maximum absolute atomic E-state index is 4.96. The van der Waals surface area contributed by atoms with Crippen LogP contribution in [0.5, 0.6) is 0 Å². The Hall–Kier alpha value is -1.18. The van der Waals surface area contributed by atoms with Crippen LogP contribution >= 0.6 is 0 Å². The van der Waals surface area contributed by atoms with Gasteiger partial charge in [-0.1, -0.05) is 0 Å². The van der Waals surface area contributed by atoms with Crippen molar-refractivity contribution in [2.45, 2.75) is 6.61 Å². The van der Waals surface area contributed by atoms with Gasteiger partial charge in [-0.2, -0.15) is 0 Å². The molecule has 0 bridgehead atoms. The van der Waals surface area contributed by atoms with Gasteiger partial charge in [0, 0.05) is 0 Å². The van der Waals surface area contributed by atoms with Gasteiger partial charge in [-0.25, -0.2) is 0 Å². The molecule has 0 N–H and O–H groups in total. The summed E-state index contributed by atoms with van der Waals surface area (Å²) >= 11 is 0. The Bertz CT molecular complexity index is 165. The van der Waals surface area contributed by atoms with Crippen LogP contribution in [0.4, 0.5) is 0 Å². The van der Waals surface area contributed by atoms with E-state index in [1.807, 2.05) is 6.07 Å². The first kappa shape index (κ1) is 5.95. The number of furan rings is 1. The number of hydrogen-bond acceptors (Lipinski definition) is 2. The van der Waals surface area contributed by atoms with Crippen LogP contribution in [0.25, 0.3) is 0 Å². The van der Waals surface area contributed by atoms with Gasteiger partial charge in [0.05, 0.1) is 12.5 Å². The van der Waals surface area contributed by atoms with Crippen molar-refractivity contribution in [1.82, 2.24) is 0 Å².